The first-order chi connectivity index (χ1) is 9.84. The van der Waals surface area contributed by atoms with E-state index in [0.29, 0.717) is 10.1 Å². The van der Waals surface area contributed by atoms with Gasteiger partial charge in [0.2, 0.25) is 0 Å². The summed E-state index contributed by atoms with van der Waals surface area (Å²) in [5, 5.41) is 1.95. The molecular formula is C13H7F4N3O. The van der Waals surface area contributed by atoms with Crippen molar-refractivity contribution in [1.29, 1.82) is 0 Å². The summed E-state index contributed by atoms with van der Waals surface area (Å²) in [6.07, 6.45) is -4.60. The first-order valence-electron chi connectivity index (χ1n) is 5.80. The van der Waals surface area contributed by atoms with E-state index in [1.807, 2.05) is 5.10 Å². The van der Waals surface area contributed by atoms with Gasteiger partial charge in [-0.3, -0.25) is 9.89 Å². The summed E-state index contributed by atoms with van der Waals surface area (Å²) in [7, 11) is 0. The van der Waals surface area contributed by atoms with Gasteiger partial charge in [0.15, 0.2) is 5.65 Å². The molecule has 8 heteroatoms. The summed E-state index contributed by atoms with van der Waals surface area (Å²) < 4.78 is 51.4. The van der Waals surface area contributed by atoms with Crippen LogP contribution in [0.4, 0.5) is 17.6 Å². The molecule has 0 radical (unpaired) electrons. The summed E-state index contributed by atoms with van der Waals surface area (Å²) in [6.45, 7) is 0. The SMILES string of the molecule is O=c1cc(-c2ccc(F)cc2)nc2cc(C(F)(F)F)[nH]n12. The second kappa shape index (κ2) is 4.44. The smallest absolute Gasteiger partial charge is 0.285 e. The van der Waals surface area contributed by atoms with Crippen LogP contribution < -0.4 is 5.56 Å². The molecule has 1 N–H and O–H groups in total. The van der Waals surface area contributed by atoms with Crippen LogP contribution >= 0.6 is 0 Å². The number of rotatable bonds is 1. The van der Waals surface area contributed by atoms with Gasteiger partial charge in [0.25, 0.3) is 5.56 Å². The average Bonchev–Trinajstić information content (AvgIpc) is 2.84. The van der Waals surface area contributed by atoms with E-state index in [-0.39, 0.29) is 11.3 Å². The Balaban J connectivity index is 2.19. The fraction of sp³-hybridized carbons (Fsp3) is 0.0769. The molecule has 0 aliphatic heterocycles. The van der Waals surface area contributed by atoms with Crippen molar-refractivity contribution in [1.82, 2.24) is 14.6 Å². The lowest BCUT2D eigenvalue weighted by Gasteiger charge is -2.01. The van der Waals surface area contributed by atoms with Gasteiger partial charge in [-0.2, -0.15) is 13.2 Å². The minimum Gasteiger partial charge on any atom is -0.285 e. The Labute approximate surface area is 114 Å². The Hall–Kier alpha value is -2.64. The molecule has 21 heavy (non-hydrogen) atoms. The van der Waals surface area contributed by atoms with Gasteiger partial charge in [-0.25, -0.2) is 13.9 Å². The fourth-order valence-corrected chi connectivity index (χ4v) is 1.90. The fourth-order valence-electron chi connectivity index (χ4n) is 1.90. The summed E-state index contributed by atoms with van der Waals surface area (Å²) >= 11 is 0. The van der Waals surface area contributed by atoms with Crippen LogP contribution in [0.5, 0.6) is 0 Å². The molecule has 0 unspecified atom stereocenters. The molecule has 0 aliphatic carbocycles. The molecule has 0 saturated carbocycles. The Morgan fingerprint density at radius 1 is 1.10 bits per heavy atom. The van der Waals surface area contributed by atoms with Gasteiger partial charge in [0, 0.05) is 17.7 Å². The zero-order valence-corrected chi connectivity index (χ0v) is 10.3. The van der Waals surface area contributed by atoms with Gasteiger partial charge in [0.1, 0.15) is 11.5 Å². The Bertz CT molecular complexity index is 862. The van der Waals surface area contributed by atoms with E-state index in [0.717, 1.165) is 12.1 Å². The maximum absolute atomic E-state index is 12.9. The van der Waals surface area contributed by atoms with Crippen LogP contribution in [-0.4, -0.2) is 14.6 Å². The Morgan fingerprint density at radius 2 is 1.76 bits per heavy atom. The third-order valence-corrected chi connectivity index (χ3v) is 2.90. The molecule has 2 heterocycles. The lowest BCUT2D eigenvalue weighted by atomic mass is 10.1. The van der Waals surface area contributed by atoms with Crippen LogP contribution in [0.1, 0.15) is 5.69 Å². The third-order valence-electron chi connectivity index (χ3n) is 2.90. The molecule has 2 aromatic heterocycles. The molecule has 0 fully saturated rings. The highest BCUT2D eigenvalue weighted by Crippen LogP contribution is 2.28. The summed E-state index contributed by atoms with van der Waals surface area (Å²) in [5.74, 6) is -0.461. The Morgan fingerprint density at radius 3 is 2.38 bits per heavy atom. The van der Waals surface area contributed by atoms with Crippen molar-refractivity contribution in [2.45, 2.75) is 6.18 Å². The molecule has 0 saturated heterocycles. The number of halogens is 4. The molecule has 3 rings (SSSR count). The number of hydrogen-bond acceptors (Lipinski definition) is 2. The first-order valence-corrected chi connectivity index (χ1v) is 5.80. The lowest BCUT2D eigenvalue weighted by Crippen LogP contribution is -2.15. The van der Waals surface area contributed by atoms with Crippen molar-refractivity contribution in [3.05, 3.63) is 58.3 Å². The van der Waals surface area contributed by atoms with E-state index in [1.165, 1.54) is 24.3 Å². The van der Waals surface area contributed by atoms with E-state index >= 15 is 0 Å². The molecule has 3 aromatic rings. The quantitative estimate of drug-likeness (QED) is 0.702. The second-order valence-corrected chi connectivity index (χ2v) is 4.35. The average molecular weight is 297 g/mol. The summed E-state index contributed by atoms with van der Waals surface area (Å²) in [6, 6.07) is 6.97. The van der Waals surface area contributed by atoms with Gasteiger partial charge < -0.3 is 0 Å². The number of alkyl halides is 3. The molecule has 0 aliphatic rings. The van der Waals surface area contributed by atoms with E-state index in [2.05, 4.69) is 4.98 Å². The maximum Gasteiger partial charge on any atom is 0.432 e. The Kier molecular flexibility index (Phi) is 2.82. The highest BCUT2D eigenvalue weighted by atomic mass is 19.4. The number of nitrogens with one attached hydrogen (secondary N) is 1. The van der Waals surface area contributed by atoms with Gasteiger partial charge in [0.05, 0.1) is 5.69 Å². The van der Waals surface area contributed by atoms with Crippen molar-refractivity contribution in [3.63, 3.8) is 0 Å². The van der Waals surface area contributed by atoms with E-state index in [1.54, 1.807) is 0 Å². The number of hydrogen-bond donors (Lipinski definition) is 1. The molecular weight excluding hydrogens is 290 g/mol. The number of nitrogens with zero attached hydrogens (tertiary/aromatic N) is 2. The maximum atomic E-state index is 12.9. The zero-order chi connectivity index (χ0) is 15.2. The van der Waals surface area contributed by atoms with Crippen LogP contribution in [0.2, 0.25) is 0 Å². The summed E-state index contributed by atoms with van der Waals surface area (Å²) in [4.78, 5) is 15.8. The van der Waals surface area contributed by atoms with Gasteiger partial charge in [-0.15, -0.1) is 0 Å². The van der Waals surface area contributed by atoms with Crippen LogP contribution in [0.25, 0.3) is 16.9 Å². The topological polar surface area (TPSA) is 50.2 Å². The normalized spacial score (nSPS) is 12.0. The van der Waals surface area contributed by atoms with Crippen molar-refractivity contribution in [3.8, 4) is 11.3 Å². The number of benzene rings is 1. The van der Waals surface area contributed by atoms with Crippen LogP contribution in [0, 0.1) is 5.82 Å². The predicted molar refractivity (Wildman–Crippen MR) is 66.2 cm³/mol. The molecule has 1 aromatic carbocycles. The minimum absolute atomic E-state index is 0.158. The summed E-state index contributed by atoms with van der Waals surface area (Å²) in [5.41, 5.74) is -1.30. The number of fused-ring (bicyclic) bond motifs is 1. The molecule has 0 spiro atoms. The van der Waals surface area contributed by atoms with Gasteiger partial charge >= 0.3 is 6.18 Å². The van der Waals surface area contributed by atoms with E-state index < -0.39 is 23.2 Å². The lowest BCUT2D eigenvalue weighted by molar-refractivity contribution is -0.141. The van der Waals surface area contributed by atoms with Crippen molar-refractivity contribution >= 4 is 5.65 Å². The standard InChI is InChI=1S/C13H7F4N3O/c14-8-3-1-7(2-4-8)9-5-12(21)20-11(18-9)6-10(19-20)13(15,16)17/h1-6,19H. The van der Waals surface area contributed by atoms with Crippen molar-refractivity contribution in [2.24, 2.45) is 0 Å². The number of H-pyrrole nitrogens is 1. The van der Waals surface area contributed by atoms with Gasteiger partial charge in [-0.1, -0.05) is 0 Å². The molecule has 4 nitrogen and oxygen atoms in total. The van der Waals surface area contributed by atoms with E-state index in [9.17, 15) is 22.4 Å². The highest BCUT2D eigenvalue weighted by molar-refractivity contribution is 5.61. The van der Waals surface area contributed by atoms with Crippen LogP contribution in [0.15, 0.2) is 41.2 Å². The number of aromatic amines is 1. The number of aromatic nitrogens is 3. The second-order valence-electron chi connectivity index (χ2n) is 4.35. The molecule has 0 amide bonds. The van der Waals surface area contributed by atoms with Crippen molar-refractivity contribution in [2.75, 3.05) is 0 Å². The van der Waals surface area contributed by atoms with Crippen molar-refractivity contribution < 1.29 is 17.6 Å². The van der Waals surface area contributed by atoms with E-state index in [4.69, 9.17) is 0 Å². The van der Waals surface area contributed by atoms with Gasteiger partial charge in [-0.05, 0) is 24.3 Å². The molecule has 108 valence electrons. The monoisotopic (exact) mass is 297 g/mol. The van der Waals surface area contributed by atoms with Crippen LogP contribution in [-0.2, 0) is 6.18 Å². The first kappa shape index (κ1) is 13.3. The predicted octanol–water partition coefficient (Wildman–Crippen LogP) is 2.85. The minimum atomic E-state index is -4.60. The zero-order valence-electron chi connectivity index (χ0n) is 10.3. The molecule has 0 atom stereocenters. The third kappa shape index (κ3) is 2.39. The van der Waals surface area contributed by atoms with Crippen LogP contribution in [0.3, 0.4) is 0 Å². The highest BCUT2D eigenvalue weighted by Gasteiger charge is 2.33. The largest absolute Gasteiger partial charge is 0.432 e. The molecule has 0 bridgehead atoms.